The van der Waals surface area contributed by atoms with Gasteiger partial charge in [0.15, 0.2) is 0 Å². The Bertz CT molecular complexity index is 715. The number of nitrogens with zero attached hydrogens (tertiary/aromatic N) is 6. The molecule has 1 saturated carbocycles. The molecule has 1 aliphatic carbocycles. The molecule has 7 heteroatoms. The van der Waals surface area contributed by atoms with Gasteiger partial charge < -0.3 is 9.32 Å². The number of hydrogen-bond acceptors (Lipinski definition) is 7. The minimum atomic E-state index is 0.529. The van der Waals surface area contributed by atoms with Crippen molar-refractivity contribution in [3.05, 3.63) is 29.7 Å². The second-order valence-corrected chi connectivity index (χ2v) is 6.93. The Kier molecular flexibility index (Phi) is 2.91. The van der Waals surface area contributed by atoms with E-state index in [1.807, 2.05) is 19.2 Å². The SMILES string of the molecule is Cc1ccnc(N2CC3CC(C2)N3Cc2nnc(C3CC3)o2)n1. The molecule has 0 spiro atoms. The molecule has 5 heterocycles. The number of rotatable bonds is 4. The van der Waals surface area contributed by atoms with Gasteiger partial charge in [-0.3, -0.25) is 4.90 Å². The Morgan fingerprint density at radius 1 is 1.22 bits per heavy atom. The van der Waals surface area contributed by atoms with Gasteiger partial charge in [-0.1, -0.05) is 0 Å². The summed E-state index contributed by atoms with van der Waals surface area (Å²) in [5.41, 5.74) is 1.02. The van der Waals surface area contributed by atoms with Gasteiger partial charge in [0.25, 0.3) is 0 Å². The lowest BCUT2D eigenvalue weighted by Crippen LogP contribution is -2.68. The first-order valence-corrected chi connectivity index (χ1v) is 8.39. The van der Waals surface area contributed by atoms with Crippen LogP contribution in [0.25, 0.3) is 0 Å². The molecule has 2 bridgehead atoms. The van der Waals surface area contributed by atoms with Gasteiger partial charge in [0.1, 0.15) is 0 Å². The van der Waals surface area contributed by atoms with Crippen molar-refractivity contribution in [2.75, 3.05) is 18.0 Å². The zero-order valence-corrected chi connectivity index (χ0v) is 13.2. The van der Waals surface area contributed by atoms with Crippen LogP contribution in [0.3, 0.4) is 0 Å². The predicted octanol–water partition coefficient (Wildman–Crippen LogP) is 1.51. The summed E-state index contributed by atoms with van der Waals surface area (Å²) in [4.78, 5) is 13.7. The second kappa shape index (κ2) is 4.99. The molecule has 3 aliphatic heterocycles. The maximum Gasteiger partial charge on any atom is 0.230 e. The molecule has 2 unspecified atom stereocenters. The Labute approximate surface area is 134 Å². The summed E-state index contributed by atoms with van der Waals surface area (Å²) >= 11 is 0. The van der Waals surface area contributed by atoms with Crippen LogP contribution in [-0.2, 0) is 6.54 Å². The minimum Gasteiger partial charge on any atom is -0.424 e. The fraction of sp³-hybridized carbons (Fsp3) is 0.625. The molecule has 0 N–H and O–H groups in total. The third kappa shape index (κ3) is 2.39. The van der Waals surface area contributed by atoms with Crippen molar-refractivity contribution >= 4 is 5.95 Å². The van der Waals surface area contributed by atoms with Crippen LogP contribution in [0.2, 0.25) is 0 Å². The number of anilines is 1. The van der Waals surface area contributed by atoms with Gasteiger partial charge in [0, 0.05) is 43.0 Å². The Balaban J connectivity index is 1.25. The highest BCUT2D eigenvalue weighted by molar-refractivity contribution is 5.34. The highest BCUT2D eigenvalue weighted by Crippen LogP contribution is 2.40. The average Bonchev–Trinajstić information content (AvgIpc) is 3.31. The summed E-state index contributed by atoms with van der Waals surface area (Å²) in [6, 6.07) is 3.01. The Morgan fingerprint density at radius 3 is 2.78 bits per heavy atom. The fourth-order valence-electron chi connectivity index (χ4n) is 3.68. The minimum absolute atomic E-state index is 0.529. The summed E-state index contributed by atoms with van der Waals surface area (Å²) in [5, 5.41) is 8.40. The number of piperazine rings is 1. The van der Waals surface area contributed by atoms with Crippen molar-refractivity contribution in [1.29, 1.82) is 0 Å². The maximum absolute atomic E-state index is 5.80. The van der Waals surface area contributed by atoms with Gasteiger partial charge >= 0.3 is 0 Å². The van der Waals surface area contributed by atoms with E-state index in [1.54, 1.807) is 0 Å². The van der Waals surface area contributed by atoms with Gasteiger partial charge in [-0.25, -0.2) is 9.97 Å². The molecule has 2 aromatic rings. The van der Waals surface area contributed by atoms with Crippen LogP contribution >= 0.6 is 0 Å². The lowest BCUT2D eigenvalue weighted by Gasteiger charge is -2.55. The van der Waals surface area contributed by atoms with Crippen molar-refractivity contribution < 1.29 is 4.42 Å². The van der Waals surface area contributed by atoms with Crippen LogP contribution < -0.4 is 4.90 Å². The molecule has 0 radical (unpaired) electrons. The number of aromatic nitrogens is 4. The van der Waals surface area contributed by atoms with Crippen LogP contribution in [0.5, 0.6) is 0 Å². The summed E-state index contributed by atoms with van der Waals surface area (Å²) in [6.45, 7) is 4.74. The van der Waals surface area contributed by atoms with Crippen LogP contribution in [0.4, 0.5) is 5.95 Å². The molecule has 4 aliphatic rings. The van der Waals surface area contributed by atoms with E-state index in [2.05, 4.69) is 30.0 Å². The van der Waals surface area contributed by atoms with Crippen molar-refractivity contribution in [2.24, 2.45) is 0 Å². The van der Waals surface area contributed by atoms with E-state index in [9.17, 15) is 0 Å². The Morgan fingerprint density at radius 2 is 2.04 bits per heavy atom. The average molecular weight is 312 g/mol. The molecule has 120 valence electrons. The van der Waals surface area contributed by atoms with Crippen molar-refractivity contribution in [2.45, 2.75) is 50.7 Å². The highest BCUT2D eigenvalue weighted by atomic mass is 16.4. The number of piperidine rings is 1. The molecule has 6 rings (SSSR count). The molecule has 4 fully saturated rings. The van der Waals surface area contributed by atoms with E-state index >= 15 is 0 Å². The summed E-state index contributed by atoms with van der Waals surface area (Å²) in [7, 11) is 0. The zero-order chi connectivity index (χ0) is 15.4. The van der Waals surface area contributed by atoms with E-state index in [4.69, 9.17) is 4.42 Å². The lowest BCUT2D eigenvalue weighted by molar-refractivity contribution is -0.0155. The van der Waals surface area contributed by atoms with Gasteiger partial charge in [0.05, 0.1) is 6.54 Å². The molecule has 7 nitrogen and oxygen atoms in total. The first-order valence-electron chi connectivity index (χ1n) is 8.39. The van der Waals surface area contributed by atoms with Crippen molar-refractivity contribution in [1.82, 2.24) is 25.1 Å². The van der Waals surface area contributed by atoms with Crippen LogP contribution in [0.15, 0.2) is 16.7 Å². The predicted molar refractivity (Wildman–Crippen MR) is 83.0 cm³/mol. The zero-order valence-electron chi connectivity index (χ0n) is 13.2. The molecule has 2 atom stereocenters. The van der Waals surface area contributed by atoms with E-state index < -0.39 is 0 Å². The number of aryl methyl sites for hydroxylation is 1. The standard InChI is InChI=1S/C16H20N6O/c1-10-4-5-17-16(18-10)21-7-12-6-13(8-21)22(12)9-14-19-20-15(23-14)11-2-3-11/h4-5,11-13H,2-3,6-9H2,1H3. The molecular weight excluding hydrogens is 292 g/mol. The largest absolute Gasteiger partial charge is 0.424 e. The number of fused-ring (bicyclic) bond motifs is 2. The van der Waals surface area contributed by atoms with Gasteiger partial charge in [-0.15, -0.1) is 10.2 Å². The van der Waals surface area contributed by atoms with Crippen LogP contribution in [-0.4, -0.2) is 50.2 Å². The summed E-state index contributed by atoms with van der Waals surface area (Å²) in [5.74, 6) is 2.98. The highest BCUT2D eigenvalue weighted by Gasteiger charge is 2.45. The third-order valence-corrected chi connectivity index (χ3v) is 5.14. The first kappa shape index (κ1) is 13.4. The van der Waals surface area contributed by atoms with Crippen LogP contribution in [0, 0.1) is 6.92 Å². The van der Waals surface area contributed by atoms with Gasteiger partial charge in [0.2, 0.25) is 17.7 Å². The molecule has 0 amide bonds. The summed E-state index contributed by atoms with van der Waals surface area (Å²) < 4.78 is 5.80. The topological polar surface area (TPSA) is 71.2 Å². The quantitative estimate of drug-likeness (QED) is 0.847. The second-order valence-electron chi connectivity index (χ2n) is 6.93. The maximum atomic E-state index is 5.80. The summed E-state index contributed by atoms with van der Waals surface area (Å²) in [6.07, 6.45) is 5.48. The molecular formula is C16H20N6O. The molecule has 23 heavy (non-hydrogen) atoms. The van der Waals surface area contributed by atoms with E-state index in [-0.39, 0.29) is 0 Å². The first-order chi connectivity index (χ1) is 11.3. The molecule has 2 aromatic heterocycles. The normalized spacial score (nSPS) is 27.1. The lowest BCUT2D eigenvalue weighted by atomic mass is 9.87. The third-order valence-electron chi connectivity index (χ3n) is 5.14. The van der Waals surface area contributed by atoms with Crippen molar-refractivity contribution in [3.8, 4) is 0 Å². The van der Waals surface area contributed by atoms with Gasteiger partial charge in [-0.2, -0.15) is 0 Å². The van der Waals surface area contributed by atoms with Gasteiger partial charge in [-0.05, 0) is 32.3 Å². The van der Waals surface area contributed by atoms with E-state index in [0.29, 0.717) is 18.0 Å². The molecule has 3 saturated heterocycles. The van der Waals surface area contributed by atoms with Crippen LogP contribution in [0.1, 0.15) is 42.7 Å². The number of hydrogen-bond donors (Lipinski definition) is 0. The molecule has 0 aromatic carbocycles. The fourth-order valence-corrected chi connectivity index (χ4v) is 3.68. The Hall–Kier alpha value is -2.02. The monoisotopic (exact) mass is 312 g/mol. The van der Waals surface area contributed by atoms with Crippen molar-refractivity contribution in [3.63, 3.8) is 0 Å². The van der Waals surface area contributed by atoms with E-state index in [0.717, 1.165) is 43.1 Å². The van der Waals surface area contributed by atoms with E-state index in [1.165, 1.54) is 19.3 Å². The smallest absolute Gasteiger partial charge is 0.230 e.